The molecular formula is C17H24N2O. The molecule has 0 aliphatic rings. The van der Waals surface area contributed by atoms with Crippen LogP contribution in [0.4, 0.5) is 5.69 Å². The highest BCUT2D eigenvalue weighted by atomic mass is 16.3. The van der Waals surface area contributed by atoms with E-state index in [1.807, 2.05) is 0 Å². The molecule has 0 atom stereocenters. The Kier molecular flexibility index (Phi) is 4.85. The summed E-state index contributed by atoms with van der Waals surface area (Å²) in [4.78, 5) is 2.26. The summed E-state index contributed by atoms with van der Waals surface area (Å²) in [5, 5.41) is 3.40. The van der Waals surface area contributed by atoms with E-state index in [1.165, 1.54) is 16.8 Å². The molecule has 1 aromatic carbocycles. The maximum atomic E-state index is 5.59. The van der Waals surface area contributed by atoms with E-state index in [-0.39, 0.29) is 0 Å². The molecule has 20 heavy (non-hydrogen) atoms. The highest BCUT2D eigenvalue weighted by molar-refractivity contribution is 5.52. The maximum absolute atomic E-state index is 5.59. The van der Waals surface area contributed by atoms with Crippen LogP contribution in [-0.2, 0) is 13.1 Å². The van der Waals surface area contributed by atoms with Crippen molar-refractivity contribution in [1.29, 1.82) is 0 Å². The largest absolute Gasteiger partial charge is 0.468 e. The van der Waals surface area contributed by atoms with Crippen LogP contribution < -0.4 is 10.2 Å². The van der Waals surface area contributed by atoms with Gasteiger partial charge in [-0.25, -0.2) is 0 Å². The average Bonchev–Trinajstić information content (AvgIpc) is 2.84. The van der Waals surface area contributed by atoms with Gasteiger partial charge < -0.3 is 14.6 Å². The Labute approximate surface area is 121 Å². The zero-order chi connectivity index (χ0) is 14.5. The fourth-order valence-electron chi connectivity index (χ4n) is 2.29. The summed E-state index contributed by atoms with van der Waals surface area (Å²) >= 11 is 0. The Morgan fingerprint density at radius 3 is 2.65 bits per heavy atom. The number of benzene rings is 1. The number of furan rings is 1. The van der Waals surface area contributed by atoms with E-state index in [9.17, 15) is 0 Å². The third-order valence-electron chi connectivity index (χ3n) is 3.44. The highest BCUT2D eigenvalue weighted by Gasteiger charge is 2.11. The van der Waals surface area contributed by atoms with E-state index >= 15 is 0 Å². The number of aryl methyl sites for hydroxylation is 1. The lowest BCUT2D eigenvalue weighted by atomic mass is 10.1. The molecule has 0 saturated heterocycles. The van der Waals surface area contributed by atoms with E-state index in [4.69, 9.17) is 4.42 Å². The second kappa shape index (κ2) is 6.62. The van der Waals surface area contributed by atoms with Crippen molar-refractivity contribution in [3.63, 3.8) is 0 Å². The van der Waals surface area contributed by atoms with Crippen LogP contribution in [0.2, 0.25) is 0 Å². The van der Waals surface area contributed by atoms with Gasteiger partial charge in [0.1, 0.15) is 5.76 Å². The zero-order valence-corrected chi connectivity index (χ0v) is 12.8. The molecular weight excluding hydrogens is 248 g/mol. The van der Waals surface area contributed by atoms with Crippen molar-refractivity contribution < 1.29 is 4.42 Å². The van der Waals surface area contributed by atoms with Crippen molar-refractivity contribution in [2.24, 2.45) is 0 Å². The van der Waals surface area contributed by atoms with Crippen LogP contribution in [0, 0.1) is 6.92 Å². The number of nitrogens with zero attached hydrogens (tertiary/aromatic N) is 1. The van der Waals surface area contributed by atoms with Crippen molar-refractivity contribution >= 4 is 5.69 Å². The molecule has 0 spiro atoms. The third kappa shape index (κ3) is 3.64. The summed E-state index contributed by atoms with van der Waals surface area (Å²) in [6, 6.07) is 11.0. The van der Waals surface area contributed by atoms with E-state index < -0.39 is 0 Å². The highest BCUT2D eigenvalue weighted by Crippen LogP contribution is 2.21. The lowest BCUT2D eigenvalue weighted by Crippen LogP contribution is -2.23. The number of nitrogens with one attached hydrogen (secondary N) is 1. The third-order valence-corrected chi connectivity index (χ3v) is 3.44. The van der Waals surface area contributed by atoms with Gasteiger partial charge in [0.15, 0.2) is 0 Å². The van der Waals surface area contributed by atoms with Crippen LogP contribution in [0.1, 0.15) is 30.7 Å². The number of rotatable bonds is 6. The number of anilines is 1. The van der Waals surface area contributed by atoms with Gasteiger partial charge in [-0.1, -0.05) is 32.0 Å². The van der Waals surface area contributed by atoms with E-state index in [1.54, 1.807) is 6.26 Å². The minimum atomic E-state index is 0.460. The molecule has 3 nitrogen and oxygen atoms in total. The molecule has 1 aromatic heterocycles. The first-order valence-electron chi connectivity index (χ1n) is 7.13. The van der Waals surface area contributed by atoms with E-state index in [0.717, 1.165) is 18.8 Å². The van der Waals surface area contributed by atoms with Gasteiger partial charge in [-0.2, -0.15) is 0 Å². The van der Waals surface area contributed by atoms with Crippen LogP contribution >= 0.6 is 0 Å². The Bertz CT molecular complexity index is 545. The van der Waals surface area contributed by atoms with Gasteiger partial charge in [0.05, 0.1) is 12.8 Å². The van der Waals surface area contributed by atoms with E-state index in [0.29, 0.717) is 6.04 Å². The minimum Gasteiger partial charge on any atom is -0.468 e. The Hall–Kier alpha value is -1.74. The van der Waals surface area contributed by atoms with Crippen LogP contribution in [-0.4, -0.2) is 13.1 Å². The Morgan fingerprint density at radius 1 is 1.20 bits per heavy atom. The normalized spacial score (nSPS) is 11.1. The van der Waals surface area contributed by atoms with Gasteiger partial charge in [-0.15, -0.1) is 0 Å². The maximum Gasteiger partial charge on any atom is 0.122 e. The predicted molar refractivity (Wildman–Crippen MR) is 84.0 cm³/mol. The zero-order valence-electron chi connectivity index (χ0n) is 12.8. The summed E-state index contributed by atoms with van der Waals surface area (Å²) in [5.41, 5.74) is 3.79. The molecule has 1 heterocycles. The molecule has 0 fully saturated rings. The Morgan fingerprint density at radius 2 is 1.95 bits per heavy atom. The standard InChI is InChI=1S/C17H24N2O/c1-13(2)18-11-17-15(9-10-20-17)12-19(4)16-8-6-5-7-14(16)3/h5-10,13,18H,11-12H2,1-4H3. The second-order valence-corrected chi connectivity index (χ2v) is 5.55. The number of hydrogen-bond donors (Lipinski definition) is 1. The molecule has 3 heteroatoms. The van der Waals surface area contributed by atoms with Gasteiger partial charge in [0.25, 0.3) is 0 Å². The molecule has 0 aliphatic carbocycles. The van der Waals surface area contributed by atoms with Gasteiger partial charge >= 0.3 is 0 Å². The lowest BCUT2D eigenvalue weighted by molar-refractivity contribution is 0.460. The topological polar surface area (TPSA) is 28.4 Å². The first kappa shape index (κ1) is 14.7. The fraction of sp³-hybridized carbons (Fsp3) is 0.412. The molecule has 0 bridgehead atoms. The lowest BCUT2D eigenvalue weighted by Gasteiger charge is -2.21. The van der Waals surface area contributed by atoms with Crippen LogP contribution in [0.3, 0.4) is 0 Å². The minimum absolute atomic E-state index is 0.460. The van der Waals surface area contributed by atoms with Crippen LogP contribution in [0.15, 0.2) is 41.0 Å². The molecule has 0 aliphatic heterocycles. The second-order valence-electron chi connectivity index (χ2n) is 5.55. The Balaban J connectivity index is 2.07. The van der Waals surface area contributed by atoms with Crippen molar-refractivity contribution in [3.05, 3.63) is 53.5 Å². The SMILES string of the molecule is Cc1ccccc1N(C)Cc1ccoc1CNC(C)C. The van der Waals surface area contributed by atoms with Gasteiger partial charge in [-0.05, 0) is 24.6 Å². The monoisotopic (exact) mass is 272 g/mol. The molecule has 0 radical (unpaired) electrons. The summed E-state index contributed by atoms with van der Waals surface area (Å²) < 4.78 is 5.59. The molecule has 1 N–H and O–H groups in total. The van der Waals surface area contributed by atoms with Gasteiger partial charge in [-0.3, -0.25) is 0 Å². The van der Waals surface area contributed by atoms with Crippen LogP contribution in [0.5, 0.6) is 0 Å². The summed E-state index contributed by atoms with van der Waals surface area (Å²) in [6.07, 6.45) is 1.78. The summed E-state index contributed by atoms with van der Waals surface area (Å²) in [6.45, 7) is 8.06. The van der Waals surface area contributed by atoms with E-state index in [2.05, 4.69) is 68.4 Å². The molecule has 108 valence electrons. The molecule has 0 amide bonds. The van der Waals surface area contributed by atoms with Crippen molar-refractivity contribution in [2.75, 3.05) is 11.9 Å². The quantitative estimate of drug-likeness (QED) is 0.868. The summed E-state index contributed by atoms with van der Waals surface area (Å²) in [5.74, 6) is 1.03. The number of para-hydroxylation sites is 1. The molecule has 0 unspecified atom stereocenters. The molecule has 2 rings (SSSR count). The predicted octanol–water partition coefficient (Wildman–Crippen LogP) is 3.72. The van der Waals surface area contributed by atoms with Crippen LogP contribution in [0.25, 0.3) is 0 Å². The average molecular weight is 272 g/mol. The van der Waals surface area contributed by atoms with Crippen molar-refractivity contribution in [2.45, 2.75) is 39.9 Å². The van der Waals surface area contributed by atoms with Gasteiger partial charge in [0, 0.05) is 30.9 Å². The summed E-state index contributed by atoms with van der Waals surface area (Å²) in [7, 11) is 2.12. The first-order valence-corrected chi connectivity index (χ1v) is 7.13. The molecule has 2 aromatic rings. The van der Waals surface area contributed by atoms with Crippen molar-refractivity contribution in [1.82, 2.24) is 5.32 Å². The van der Waals surface area contributed by atoms with Gasteiger partial charge in [0.2, 0.25) is 0 Å². The van der Waals surface area contributed by atoms with Crippen molar-refractivity contribution in [3.8, 4) is 0 Å². The number of hydrogen-bond acceptors (Lipinski definition) is 3. The smallest absolute Gasteiger partial charge is 0.122 e. The first-order chi connectivity index (χ1) is 9.58. The fourth-order valence-corrected chi connectivity index (χ4v) is 2.29. The molecule has 0 saturated carbocycles.